The summed E-state index contributed by atoms with van der Waals surface area (Å²) in [6.45, 7) is 14.2. The smallest absolute Gasteiger partial charge is 0.0107 e. The first-order valence-corrected chi connectivity index (χ1v) is 19.7. The Balaban J connectivity index is 2.00. The van der Waals surface area contributed by atoms with Crippen LogP contribution >= 0.6 is 0 Å². The first-order chi connectivity index (χ1) is 23.4. The SMILES string of the molecule is CCCCCCCCc1ccccc1-c1cc(-c2ccc[c]c2CCCCC)c(CC(C)(C)C)c(-c2ccccc2)c1CCCCCC. The molecule has 0 heteroatoms. The van der Waals surface area contributed by atoms with Crippen molar-refractivity contribution in [2.75, 3.05) is 0 Å². The van der Waals surface area contributed by atoms with Gasteiger partial charge in [-0.05, 0) is 118 Å². The molecule has 0 amide bonds. The molecular formula is C48H65. The molecular weight excluding hydrogens is 577 g/mol. The normalized spacial score (nSPS) is 11.7. The fourth-order valence-corrected chi connectivity index (χ4v) is 7.49. The number of aryl methyl sites for hydroxylation is 2. The second-order valence-electron chi connectivity index (χ2n) is 15.4. The van der Waals surface area contributed by atoms with Crippen LogP contribution in [0.25, 0.3) is 33.4 Å². The Kier molecular flexibility index (Phi) is 15.5. The fourth-order valence-electron chi connectivity index (χ4n) is 7.49. The highest BCUT2D eigenvalue weighted by Gasteiger charge is 2.26. The molecule has 0 aromatic heterocycles. The minimum atomic E-state index is 0.149. The van der Waals surface area contributed by atoms with Crippen molar-refractivity contribution in [3.05, 3.63) is 107 Å². The lowest BCUT2D eigenvalue weighted by Crippen LogP contribution is -2.14. The van der Waals surface area contributed by atoms with Gasteiger partial charge in [-0.25, -0.2) is 0 Å². The van der Waals surface area contributed by atoms with Gasteiger partial charge in [-0.15, -0.1) is 0 Å². The van der Waals surface area contributed by atoms with Crippen molar-refractivity contribution in [2.45, 2.75) is 151 Å². The van der Waals surface area contributed by atoms with Crippen LogP contribution in [0.4, 0.5) is 0 Å². The quantitative estimate of drug-likeness (QED) is 0.0842. The van der Waals surface area contributed by atoms with Crippen LogP contribution in [0.1, 0.15) is 147 Å². The number of hydrogen-bond donors (Lipinski definition) is 0. The maximum atomic E-state index is 3.73. The molecule has 0 atom stereocenters. The number of rotatable bonds is 20. The molecule has 48 heavy (non-hydrogen) atoms. The molecule has 0 saturated carbocycles. The number of benzene rings is 4. The minimum Gasteiger partial charge on any atom is -0.0654 e. The molecule has 0 saturated heterocycles. The topological polar surface area (TPSA) is 0 Å². The first-order valence-electron chi connectivity index (χ1n) is 19.7. The molecule has 0 aliphatic carbocycles. The lowest BCUT2D eigenvalue weighted by atomic mass is 9.75. The molecule has 0 bridgehead atoms. The standard InChI is InChI=1S/C48H65/c1-7-10-13-15-16-19-28-39-30-23-25-33-41(39)44-36-45(42-34-26-24-29-38(42)27-18-12-9-3)46(37-48(4,5)6)47(40-31-20-17-21-32-40)43(44)35-22-14-11-8-2/h17,20-21,23-26,30-34,36H,7-16,18-19,22,27-28,35,37H2,1-6H3. The van der Waals surface area contributed by atoms with Crippen LogP contribution in [-0.4, -0.2) is 0 Å². The van der Waals surface area contributed by atoms with Crippen LogP contribution in [0.15, 0.2) is 78.9 Å². The van der Waals surface area contributed by atoms with Crippen LogP contribution in [-0.2, 0) is 25.7 Å². The molecule has 0 unspecified atom stereocenters. The lowest BCUT2D eigenvalue weighted by molar-refractivity contribution is 0.412. The third-order valence-electron chi connectivity index (χ3n) is 9.96. The monoisotopic (exact) mass is 642 g/mol. The highest BCUT2D eigenvalue weighted by molar-refractivity contribution is 5.90. The van der Waals surface area contributed by atoms with Gasteiger partial charge >= 0.3 is 0 Å². The van der Waals surface area contributed by atoms with E-state index in [1.807, 2.05) is 0 Å². The molecule has 0 spiro atoms. The fraction of sp³-hybridized carbons (Fsp3) is 0.500. The van der Waals surface area contributed by atoms with Crippen molar-refractivity contribution in [3.8, 4) is 33.4 Å². The summed E-state index contributed by atoms with van der Waals surface area (Å²) < 4.78 is 0. The largest absolute Gasteiger partial charge is 0.0654 e. The van der Waals surface area contributed by atoms with Gasteiger partial charge in [-0.2, -0.15) is 0 Å². The van der Waals surface area contributed by atoms with Crippen molar-refractivity contribution in [2.24, 2.45) is 5.41 Å². The van der Waals surface area contributed by atoms with Gasteiger partial charge in [0.25, 0.3) is 0 Å². The zero-order valence-electron chi connectivity index (χ0n) is 31.5. The molecule has 0 heterocycles. The highest BCUT2D eigenvalue weighted by Crippen LogP contribution is 2.46. The van der Waals surface area contributed by atoms with Crippen molar-refractivity contribution in [1.82, 2.24) is 0 Å². The Morgan fingerprint density at radius 2 is 1.06 bits per heavy atom. The average Bonchev–Trinajstić information content (AvgIpc) is 3.09. The maximum Gasteiger partial charge on any atom is -0.0107 e. The molecule has 257 valence electrons. The van der Waals surface area contributed by atoms with E-state index < -0.39 is 0 Å². The molecule has 1 radical (unpaired) electrons. The van der Waals surface area contributed by atoms with Crippen LogP contribution in [0, 0.1) is 11.5 Å². The van der Waals surface area contributed by atoms with E-state index in [1.165, 1.54) is 134 Å². The summed E-state index contributed by atoms with van der Waals surface area (Å²) in [5.74, 6) is 0. The Morgan fingerprint density at radius 3 is 1.79 bits per heavy atom. The zero-order valence-corrected chi connectivity index (χ0v) is 31.5. The minimum absolute atomic E-state index is 0.149. The summed E-state index contributed by atoms with van der Waals surface area (Å²) in [5, 5.41) is 0. The summed E-state index contributed by atoms with van der Waals surface area (Å²) in [6.07, 6.45) is 21.2. The average molecular weight is 642 g/mol. The number of unbranched alkanes of at least 4 members (excludes halogenated alkanes) is 10. The molecule has 0 N–H and O–H groups in total. The summed E-state index contributed by atoms with van der Waals surface area (Å²) in [5.41, 5.74) is 14.7. The summed E-state index contributed by atoms with van der Waals surface area (Å²) in [7, 11) is 0. The Labute approximate surface area is 295 Å². The van der Waals surface area contributed by atoms with Crippen molar-refractivity contribution >= 4 is 0 Å². The molecule has 4 aromatic carbocycles. The Bertz CT molecular complexity index is 1500. The molecule has 4 rings (SSSR count). The summed E-state index contributed by atoms with van der Waals surface area (Å²) in [4.78, 5) is 0. The predicted octanol–water partition coefficient (Wildman–Crippen LogP) is 14.8. The molecule has 0 aliphatic rings. The van der Waals surface area contributed by atoms with Gasteiger partial charge in [0, 0.05) is 0 Å². The van der Waals surface area contributed by atoms with Gasteiger partial charge in [-0.3, -0.25) is 0 Å². The molecule has 0 fully saturated rings. The first kappa shape index (κ1) is 37.7. The van der Waals surface area contributed by atoms with Crippen LogP contribution < -0.4 is 0 Å². The molecule has 0 nitrogen and oxygen atoms in total. The van der Waals surface area contributed by atoms with E-state index in [0.29, 0.717) is 0 Å². The highest BCUT2D eigenvalue weighted by atomic mass is 14.3. The van der Waals surface area contributed by atoms with Gasteiger partial charge in [0.2, 0.25) is 0 Å². The van der Waals surface area contributed by atoms with E-state index >= 15 is 0 Å². The third kappa shape index (κ3) is 10.9. The van der Waals surface area contributed by atoms with Crippen LogP contribution in [0.3, 0.4) is 0 Å². The molecule has 4 aromatic rings. The second kappa shape index (κ2) is 19.8. The van der Waals surface area contributed by atoms with E-state index in [-0.39, 0.29) is 5.41 Å². The number of hydrogen-bond acceptors (Lipinski definition) is 0. The van der Waals surface area contributed by atoms with Gasteiger partial charge in [0.05, 0.1) is 0 Å². The van der Waals surface area contributed by atoms with E-state index in [9.17, 15) is 0 Å². The van der Waals surface area contributed by atoms with Crippen LogP contribution in [0.2, 0.25) is 0 Å². The van der Waals surface area contributed by atoms with Gasteiger partial charge in [0.15, 0.2) is 0 Å². The summed E-state index contributed by atoms with van der Waals surface area (Å²) in [6, 6.07) is 33.9. The van der Waals surface area contributed by atoms with E-state index in [0.717, 1.165) is 25.7 Å². The van der Waals surface area contributed by atoms with Crippen molar-refractivity contribution < 1.29 is 0 Å². The van der Waals surface area contributed by atoms with Gasteiger partial charge in [-0.1, -0.05) is 179 Å². The van der Waals surface area contributed by atoms with Gasteiger partial charge in [0.1, 0.15) is 0 Å². The van der Waals surface area contributed by atoms with Crippen molar-refractivity contribution in [3.63, 3.8) is 0 Å². The van der Waals surface area contributed by atoms with Crippen molar-refractivity contribution in [1.29, 1.82) is 0 Å². The van der Waals surface area contributed by atoms with E-state index in [1.54, 1.807) is 5.56 Å². The Hall–Kier alpha value is -3.12. The zero-order chi connectivity index (χ0) is 34.2. The molecule has 0 aliphatic heterocycles. The summed E-state index contributed by atoms with van der Waals surface area (Å²) >= 11 is 0. The van der Waals surface area contributed by atoms with Gasteiger partial charge < -0.3 is 0 Å². The second-order valence-corrected chi connectivity index (χ2v) is 15.4. The third-order valence-corrected chi connectivity index (χ3v) is 9.96. The van der Waals surface area contributed by atoms with E-state index in [2.05, 4.69) is 126 Å². The lowest BCUT2D eigenvalue weighted by Gasteiger charge is -2.29. The predicted molar refractivity (Wildman–Crippen MR) is 213 cm³/mol. The van der Waals surface area contributed by atoms with E-state index in [4.69, 9.17) is 0 Å². The maximum absolute atomic E-state index is 3.73. The Morgan fingerprint density at radius 1 is 0.500 bits per heavy atom. The van der Waals surface area contributed by atoms with Crippen LogP contribution in [0.5, 0.6) is 0 Å².